The minimum Gasteiger partial charge on any atom is -0.493 e. The second-order valence-electron chi connectivity index (χ2n) is 6.38. The van der Waals surface area contributed by atoms with Crippen LogP contribution >= 0.6 is 0 Å². The molecule has 0 aliphatic heterocycles. The molecule has 0 aliphatic carbocycles. The summed E-state index contributed by atoms with van der Waals surface area (Å²) in [6.07, 6.45) is 3.29. The molecule has 0 saturated heterocycles. The van der Waals surface area contributed by atoms with Crippen LogP contribution in [-0.2, 0) is 11.3 Å². The highest BCUT2D eigenvalue weighted by Crippen LogP contribution is 2.29. The summed E-state index contributed by atoms with van der Waals surface area (Å²) in [6.45, 7) is 4.56. The molecule has 0 aromatic heterocycles. The zero-order valence-corrected chi connectivity index (χ0v) is 16.1. The second kappa shape index (κ2) is 10.4. The largest absolute Gasteiger partial charge is 0.493 e. The maximum absolute atomic E-state index is 12.5. The molecule has 1 N–H and O–H groups in total. The first kappa shape index (κ1) is 20.5. The topological polar surface area (TPSA) is 59.0 Å². The van der Waals surface area contributed by atoms with Gasteiger partial charge in [0, 0.05) is 19.2 Å². The Morgan fingerprint density at radius 3 is 2.52 bits per heavy atom. The zero-order chi connectivity index (χ0) is 19.6. The molecule has 144 valence electrons. The number of aliphatic hydroxyl groups excluding tert-OH is 1. The van der Waals surface area contributed by atoms with Crippen LogP contribution in [0.2, 0.25) is 0 Å². The van der Waals surface area contributed by atoms with E-state index >= 15 is 0 Å². The Morgan fingerprint density at radius 1 is 1.15 bits per heavy atom. The van der Waals surface area contributed by atoms with E-state index in [1.54, 1.807) is 18.1 Å². The van der Waals surface area contributed by atoms with Gasteiger partial charge in [-0.25, -0.2) is 0 Å². The number of methoxy groups -OCH3 is 1. The Hall–Kier alpha value is -2.79. The second-order valence-corrected chi connectivity index (χ2v) is 6.38. The lowest BCUT2D eigenvalue weighted by molar-refractivity contribution is -0.127. The van der Waals surface area contributed by atoms with Gasteiger partial charge in [-0.15, -0.1) is 0 Å². The van der Waals surface area contributed by atoms with Crippen LogP contribution < -0.4 is 9.47 Å². The number of rotatable bonds is 9. The first-order valence-electron chi connectivity index (χ1n) is 9.00. The molecule has 5 heteroatoms. The summed E-state index contributed by atoms with van der Waals surface area (Å²) in [5.41, 5.74) is 1.85. The van der Waals surface area contributed by atoms with Crippen molar-refractivity contribution in [2.45, 2.75) is 26.5 Å². The number of amides is 1. The van der Waals surface area contributed by atoms with Crippen LogP contribution in [0.25, 0.3) is 6.08 Å². The van der Waals surface area contributed by atoms with Gasteiger partial charge in [0.2, 0.25) is 5.91 Å². The maximum Gasteiger partial charge on any atom is 0.246 e. The molecule has 1 amide bonds. The van der Waals surface area contributed by atoms with Gasteiger partial charge < -0.3 is 19.5 Å². The quantitative estimate of drug-likeness (QED) is 0.687. The molecule has 0 heterocycles. The highest BCUT2D eigenvalue weighted by molar-refractivity contribution is 5.91. The van der Waals surface area contributed by atoms with E-state index in [2.05, 4.69) is 0 Å². The van der Waals surface area contributed by atoms with Crippen molar-refractivity contribution in [1.29, 1.82) is 0 Å². The van der Waals surface area contributed by atoms with Gasteiger partial charge in [0.1, 0.15) is 0 Å². The average Bonchev–Trinajstić information content (AvgIpc) is 2.67. The monoisotopic (exact) mass is 369 g/mol. The van der Waals surface area contributed by atoms with Crippen LogP contribution in [0.1, 0.15) is 25.0 Å². The van der Waals surface area contributed by atoms with Crippen molar-refractivity contribution in [2.75, 3.05) is 20.3 Å². The summed E-state index contributed by atoms with van der Waals surface area (Å²) >= 11 is 0. The van der Waals surface area contributed by atoms with E-state index < -0.39 is 0 Å². The van der Waals surface area contributed by atoms with Crippen LogP contribution in [0, 0.1) is 0 Å². The fourth-order valence-electron chi connectivity index (χ4n) is 2.60. The third kappa shape index (κ3) is 6.46. The molecule has 0 spiro atoms. The molecule has 0 bridgehead atoms. The Labute approximate surface area is 160 Å². The number of hydrogen-bond acceptors (Lipinski definition) is 4. The minimum absolute atomic E-state index is 0.0481. The molecule has 0 radical (unpaired) electrons. The van der Waals surface area contributed by atoms with Crippen LogP contribution in [0.4, 0.5) is 0 Å². The summed E-state index contributed by atoms with van der Waals surface area (Å²) in [6, 6.07) is 15.2. The summed E-state index contributed by atoms with van der Waals surface area (Å²) in [5.74, 6) is 1.13. The predicted octanol–water partition coefficient (Wildman–Crippen LogP) is 3.52. The van der Waals surface area contributed by atoms with Crippen molar-refractivity contribution >= 4 is 12.0 Å². The van der Waals surface area contributed by atoms with Gasteiger partial charge in [-0.1, -0.05) is 36.4 Å². The van der Waals surface area contributed by atoms with E-state index in [9.17, 15) is 9.90 Å². The zero-order valence-electron chi connectivity index (χ0n) is 16.1. The normalized spacial score (nSPS) is 11.0. The van der Waals surface area contributed by atoms with Gasteiger partial charge in [0.15, 0.2) is 11.5 Å². The summed E-state index contributed by atoms with van der Waals surface area (Å²) in [4.78, 5) is 14.2. The molecule has 0 saturated carbocycles. The fourth-order valence-corrected chi connectivity index (χ4v) is 2.60. The first-order chi connectivity index (χ1) is 13.0. The SMILES string of the molecule is COc1cc(/C=C/C(=O)N(CCO)Cc2ccccc2)ccc1OC(C)C. The highest BCUT2D eigenvalue weighted by atomic mass is 16.5. The smallest absolute Gasteiger partial charge is 0.246 e. The number of aliphatic hydroxyl groups is 1. The molecule has 0 fully saturated rings. The lowest BCUT2D eigenvalue weighted by Crippen LogP contribution is -2.31. The lowest BCUT2D eigenvalue weighted by atomic mass is 10.1. The molecule has 2 rings (SSSR count). The number of ether oxygens (including phenoxy) is 2. The van der Waals surface area contributed by atoms with Gasteiger partial charge in [0.05, 0.1) is 19.8 Å². The number of hydrogen-bond donors (Lipinski definition) is 1. The summed E-state index contributed by atoms with van der Waals surface area (Å²) in [5, 5.41) is 9.27. The third-order valence-corrected chi connectivity index (χ3v) is 3.87. The maximum atomic E-state index is 12.5. The Balaban J connectivity index is 2.10. The van der Waals surface area contributed by atoms with Crippen LogP contribution in [0.3, 0.4) is 0 Å². The molecular weight excluding hydrogens is 342 g/mol. The van der Waals surface area contributed by atoms with E-state index in [1.165, 1.54) is 6.08 Å². The van der Waals surface area contributed by atoms with E-state index in [1.807, 2.05) is 62.4 Å². The standard InChI is InChI=1S/C22H27NO4/c1-17(2)27-20-11-9-18(15-21(20)26-3)10-12-22(25)23(13-14-24)16-19-7-5-4-6-8-19/h4-12,15,17,24H,13-14,16H2,1-3H3/b12-10+. The van der Waals surface area contributed by atoms with E-state index in [0.717, 1.165) is 11.1 Å². The Morgan fingerprint density at radius 2 is 1.89 bits per heavy atom. The molecule has 0 aliphatic rings. The van der Waals surface area contributed by atoms with E-state index in [-0.39, 0.29) is 25.2 Å². The Kier molecular flexibility index (Phi) is 7.89. The lowest BCUT2D eigenvalue weighted by Gasteiger charge is -2.20. The Bertz CT molecular complexity index is 756. The molecule has 2 aromatic carbocycles. The summed E-state index contributed by atoms with van der Waals surface area (Å²) < 4.78 is 11.1. The van der Waals surface area contributed by atoms with Gasteiger partial charge in [-0.05, 0) is 43.2 Å². The van der Waals surface area contributed by atoms with Gasteiger partial charge in [-0.3, -0.25) is 4.79 Å². The number of carbonyl (C=O) groups is 1. The average molecular weight is 369 g/mol. The number of benzene rings is 2. The van der Waals surface area contributed by atoms with Crippen LogP contribution in [-0.4, -0.2) is 42.3 Å². The van der Waals surface area contributed by atoms with Crippen molar-refractivity contribution in [1.82, 2.24) is 4.90 Å². The molecule has 0 unspecified atom stereocenters. The molecular formula is C22H27NO4. The van der Waals surface area contributed by atoms with Crippen molar-refractivity contribution in [2.24, 2.45) is 0 Å². The first-order valence-corrected chi connectivity index (χ1v) is 9.00. The highest BCUT2D eigenvalue weighted by Gasteiger charge is 2.11. The van der Waals surface area contributed by atoms with E-state index in [4.69, 9.17) is 9.47 Å². The minimum atomic E-state index is -0.158. The number of carbonyl (C=O) groups excluding carboxylic acids is 1. The van der Waals surface area contributed by atoms with Crippen molar-refractivity contribution in [3.63, 3.8) is 0 Å². The van der Waals surface area contributed by atoms with Gasteiger partial charge >= 0.3 is 0 Å². The van der Waals surface area contributed by atoms with Gasteiger partial charge in [0.25, 0.3) is 0 Å². The predicted molar refractivity (Wildman–Crippen MR) is 107 cm³/mol. The van der Waals surface area contributed by atoms with Gasteiger partial charge in [-0.2, -0.15) is 0 Å². The fraction of sp³-hybridized carbons (Fsp3) is 0.318. The molecule has 2 aromatic rings. The molecule has 0 atom stereocenters. The van der Waals surface area contributed by atoms with Crippen LogP contribution in [0.5, 0.6) is 11.5 Å². The van der Waals surface area contributed by atoms with E-state index in [0.29, 0.717) is 18.0 Å². The van der Waals surface area contributed by atoms with Crippen molar-refractivity contribution in [3.8, 4) is 11.5 Å². The summed E-state index contributed by atoms with van der Waals surface area (Å²) in [7, 11) is 1.59. The molecule has 5 nitrogen and oxygen atoms in total. The number of nitrogens with zero attached hydrogens (tertiary/aromatic N) is 1. The van der Waals surface area contributed by atoms with Crippen molar-refractivity contribution < 1.29 is 19.4 Å². The van der Waals surface area contributed by atoms with Crippen LogP contribution in [0.15, 0.2) is 54.6 Å². The molecule has 27 heavy (non-hydrogen) atoms. The third-order valence-electron chi connectivity index (χ3n) is 3.87. The van der Waals surface area contributed by atoms with Crippen molar-refractivity contribution in [3.05, 3.63) is 65.7 Å².